The van der Waals surface area contributed by atoms with Crippen molar-refractivity contribution in [1.29, 1.82) is 0 Å². The standard InChI is InChI=1S/C18H20N4O3/c1-10-2-4-11(5-3-10)15(24)14-8-13(23)18(25-14)22-7-6-12-16(19)20-9-21-17(12)22/h2-7,9,13-15,18,23-24H,8H2,1H3,(H2,19,20,21)/t13-,14+,15?,18-/m1/s1. The molecule has 2 aromatic heterocycles. The van der Waals surface area contributed by atoms with Gasteiger partial charge in [-0.1, -0.05) is 29.8 Å². The molecular weight excluding hydrogens is 320 g/mol. The average Bonchev–Trinajstić information content (AvgIpc) is 3.19. The smallest absolute Gasteiger partial charge is 0.161 e. The second kappa shape index (κ2) is 6.11. The number of rotatable bonds is 3. The van der Waals surface area contributed by atoms with Crippen LogP contribution in [0.25, 0.3) is 11.0 Å². The zero-order chi connectivity index (χ0) is 17.6. The van der Waals surface area contributed by atoms with Crippen molar-refractivity contribution in [2.75, 3.05) is 5.73 Å². The van der Waals surface area contributed by atoms with Crippen LogP contribution in [0, 0.1) is 6.92 Å². The number of nitrogen functional groups attached to an aromatic ring is 1. The molecule has 1 aromatic carbocycles. The quantitative estimate of drug-likeness (QED) is 0.670. The van der Waals surface area contributed by atoms with E-state index in [4.69, 9.17) is 10.5 Å². The lowest BCUT2D eigenvalue weighted by Crippen LogP contribution is -2.20. The first-order valence-corrected chi connectivity index (χ1v) is 8.20. The van der Waals surface area contributed by atoms with E-state index in [9.17, 15) is 10.2 Å². The summed E-state index contributed by atoms with van der Waals surface area (Å²) in [5.41, 5.74) is 8.35. The van der Waals surface area contributed by atoms with Crippen molar-refractivity contribution in [2.45, 2.75) is 37.9 Å². The van der Waals surface area contributed by atoms with Gasteiger partial charge in [0.25, 0.3) is 0 Å². The van der Waals surface area contributed by atoms with Crippen molar-refractivity contribution in [1.82, 2.24) is 14.5 Å². The van der Waals surface area contributed by atoms with Gasteiger partial charge in [-0.2, -0.15) is 0 Å². The van der Waals surface area contributed by atoms with Crippen LogP contribution >= 0.6 is 0 Å². The molecule has 0 aliphatic carbocycles. The highest BCUT2D eigenvalue weighted by Crippen LogP contribution is 2.37. The number of nitrogens with zero attached hydrogens (tertiary/aromatic N) is 3. The fraction of sp³-hybridized carbons (Fsp3) is 0.333. The third-order valence-electron chi connectivity index (χ3n) is 4.70. The maximum atomic E-state index is 10.6. The van der Waals surface area contributed by atoms with E-state index in [1.807, 2.05) is 31.2 Å². The number of ether oxygens (including phenoxy) is 1. The van der Waals surface area contributed by atoms with Crippen LogP contribution < -0.4 is 5.73 Å². The van der Waals surface area contributed by atoms with Crippen LogP contribution in [0.4, 0.5) is 5.82 Å². The topological polar surface area (TPSA) is 106 Å². The summed E-state index contributed by atoms with van der Waals surface area (Å²) in [6.07, 6.45) is 0.799. The molecule has 0 bridgehead atoms. The monoisotopic (exact) mass is 340 g/mol. The van der Waals surface area contributed by atoms with Crippen LogP contribution in [-0.4, -0.2) is 37.0 Å². The summed E-state index contributed by atoms with van der Waals surface area (Å²) in [4.78, 5) is 8.20. The predicted octanol–water partition coefficient (Wildman–Crippen LogP) is 1.70. The highest BCUT2D eigenvalue weighted by Gasteiger charge is 2.39. The molecule has 4 rings (SSSR count). The number of hydrogen-bond acceptors (Lipinski definition) is 6. The van der Waals surface area contributed by atoms with Crippen molar-refractivity contribution >= 4 is 16.9 Å². The molecule has 0 radical (unpaired) electrons. The molecule has 0 spiro atoms. The van der Waals surface area contributed by atoms with Gasteiger partial charge in [0.2, 0.25) is 0 Å². The maximum Gasteiger partial charge on any atom is 0.161 e. The molecule has 4 N–H and O–H groups in total. The Balaban J connectivity index is 1.60. The first-order chi connectivity index (χ1) is 12.0. The fourth-order valence-electron chi connectivity index (χ4n) is 3.31. The first-order valence-electron chi connectivity index (χ1n) is 8.20. The Hall–Kier alpha value is -2.48. The summed E-state index contributed by atoms with van der Waals surface area (Å²) < 4.78 is 7.71. The average molecular weight is 340 g/mol. The van der Waals surface area contributed by atoms with Gasteiger partial charge in [0.1, 0.15) is 30.0 Å². The van der Waals surface area contributed by atoms with Gasteiger partial charge >= 0.3 is 0 Å². The van der Waals surface area contributed by atoms with Crippen LogP contribution in [0.1, 0.15) is 29.9 Å². The Kier molecular flexibility index (Phi) is 3.91. The Morgan fingerprint density at radius 3 is 2.76 bits per heavy atom. The van der Waals surface area contributed by atoms with Gasteiger partial charge in [-0.3, -0.25) is 0 Å². The van der Waals surface area contributed by atoms with E-state index in [2.05, 4.69) is 9.97 Å². The first kappa shape index (κ1) is 16.0. The number of aliphatic hydroxyl groups excluding tert-OH is 2. The largest absolute Gasteiger partial charge is 0.388 e. The Bertz CT molecular complexity index is 893. The van der Waals surface area contributed by atoms with Crippen LogP contribution in [0.5, 0.6) is 0 Å². The molecule has 3 heterocycles. The molecule has 7 nitrogen and oxygen atoms in total. The van der Waals surface area contributed by atoms with Crippen LogP contribution in [0.3, 0.4) is 0 Å². The van der Waals surface area contributed by atoms with Crippen molar-refractivity contribution in [3.8, 4) is 0 Å². The summed E-state index contributed by atoms with van der Waals surface area (Å²) >= 11 is 0. The molecule has 1 saturated heterocycles. The van der Waals surface area contributed by atoms with Gasteiger partial charge < -0.3 is 25.3 Å². The second-order valence-corrected chi connectivity index (χ2v) is 6.44. The van der Waals surface area contributed by atoms with Gasteiger partial charge in [0, 0.05) is 12.6 Å². The lowest BCUT2D eigenvalue weighted by molar-refractivity contribution is -0.0750. The minimum Gasteiger partial charge on any atom is -0.388 e. The molecule has 7 heteroatoms. The third-order valence-corrected chi connectivity index (χ3v) is 4.70. The van der Waals surface area contributed by atoms with E-state index < -0.39 is 24.5 Å². The van der Waals surface area contributed by atoms with E-state index in [1.165, 1.54) is 6.33 Å². The minimum atomic E-state index is -0.804. The van der Waals surface area contributed by atoms with Crippen molar-refractivity contribution < 1.29 is 14.9 Å². The molecule has 1 fully saturated rings. The number of aromatic nitrogens is 3. The Labute approximate surface area is 144 Å². The minimum absolute atomic E-state index is 0.333. The van der Waals surface area contributed by atoms with Gasteiger partial charge in [-0.05, 0) is 18.6 Å². The normalized spacial score (nSPS) is 24.7. The molecule has 1 unspecified atom stereocenters. The molecule has 1 aliphatic heterocycles. The number of hydrogen-bond donors (Lipinski definition) is 3. The fourth-order valence-corrected chi connectivity index (χ4v) is 3.31. The highest BCUT2D eigenvalue weighted by molar-refractivity contribution is 5.86. The molecule has 0 saturated carbocycles. The van der Waals surface area contributed by atoms with Crippen molar-refractivity contribution in [3.05, 3.63) is 54.0 Å². The van der Waals surface area contributed by atoms with Crippen LogP contribution in [0.2, 0.25) is 0 Å². The lowest BCUT2D eigenvalue weighted by Gasteiger charge is -2.20. The molecular formula is C18H20N4O3. The van der Waals surface area contributed by atoms with E-state index in [1.54, 1.807) is 16.8 Å². The maximum absolute atomic E-state index is 10.6. The summed E-state index contributed by atoms with van der Waals surface area (Å²) in [6.45, 7) is 1.99. The van der Waals surface area contributed by atoms with Crippen LogP contribution in [-0.2, 0) is 4.74 Å². The second-order valence-electron chi connectivity index (χ2n) is 6.44. The van der Waals surface area contributed by atoms with Gasteiger partial charge in [-0.15, -0.1) is 0 Å². The molecule has 25 heavy (non-hydrogen) atoms. The number of nitrogens with two attached hydrogens (primary N) is 1. The number of benzene rings is 1. The van der Waals surface area contributed by atoms with Gasteiger partial charge in [0.05, 0.1) is 11.5 Å². The van der Waals surface area contributed by atoms with E-state index in [-0.39, 0.29) is 0 Å². The SMILES string of the molecule is Cc1ccc(C(O)[C@@H]2C[C@@H](O)[C@H](n3ccc4c(N)ncnc43)O2)cc1. The molecule has 3 aromatic rings. The predicted molar refractivity (Wildman–Crippen MR) is 92.6 cm³/mol. The Morgan fingerprint density at radius 2 is 2.00 bits per heavy atom. The third kappa shape index (κ3) is 2.76. The van der Waals surface area contributed by atoms with Crippen molar-refractivity contribution in [2.24, 2.45) is 0 Å². The van der Waals surface area contributed by atoms with E-state index in [0.717, 1.165) is 11.1 Å². The number of anilines is 1. The highest BCUT2D eigenvalue weighted by atomic mass is 16.5. The van der Waals surface area contributed by atoms with Gasteiger partial charge in [-0.25, -0.2) is 9.97 Å². The van der Waals surface area contributed by atoms with Crippen molar-refractivity contribution in [3.63, 3.8) is 0 Å². The molecule has 130 valence electrons. The molecule has 1 aliphatic rings. The molecule has 4 atom stereocenters. The van der Waals surface area contributed by atoms with E-state index in [0.29, 0.717) is 23.3 Å². The summed E-state index contributed by atoms with van der Waals surface area (Å²) in [5, 5.41) is 21.8. The lowest BCUT2D eigenvalue weighted by atomic mass is 10.0. The summed E-state index contributed by atoms with van der Waals surface area (Å²) in [7, 11) is 0. The number of aryl methyl sites for hydroxylation is 1. The summed E-state index contributed by atoms with van der Waals surface area (Å²) in [6, 6.07) is 9.44. The Morgan fingerprint density at radius 1 is 1.24 bits per heavy atom. The zero-order valence-corrected chi connectivity index (χ0v) is 13.8. The zero-order valence-electron chi connectivity index (χ0n) is 13.8. The molecule has 0 amide bonds. The van der Waals surface area contributed by atoms with E-state index >= 15 is 0 Å². The van der Waals surface area contributed by atoms with Gasteiger partial charge in [0.15, 0.2) is 6.23 Å². The number of aliphatic hydroxyl groups is 2. The summed E-state index contributed by atoms with van der Waals surface area (Å²) in [5.74, 6) is 0.382. The number of fused-ring (bicyclic) bond motifs is 1. The van der Waals surface area contributed by atoms with Crippen LogP contribution in [0.15, 0.2) is 42.9 Å².